The highest BCUT2D eigenvalue weighted by atomic mass is 32.2. The Kier molecular flexibility index (Phi) is 5.15. The molecule has 0 spiro atoms. The highest BCUT2D eigenvalue weighted by molar-refractivity contribution is 7.89. The zero-order chi connectivity index (χ0) is 15.5. The average molecular weight is 328 g/mol. The Morgan fingerprint density at radius 1 is 1.38 bits per heavy atom. The van der Waals surface area contributed by atoms with Gasteiger partial charge in [0.2, 0.25) is 10.0 Å². The first-order chi connectivity index (χ1) is 9.88. The Labute approximate surface area is 129 Å². The molecule has 0 bridgehead atoms. The standard InChI is InChI=1S/C13H20N4O2S2/c1-9(2)15-7-11-6-12(8-16-11)21(18,19)17-10(3)13-14-4-5-20-13/h4-6,8-10,15-17H,7H2,1-3H3. The minimum absolute atomic E-state index is 0.242. The number of hydrogen-bond donors (Lipinski definition) is 3. The molecule has 116 valence electrons. The monoisotopic (exact) mass is 328 g/mol. The Morgan fingerprint density at radius 3 is 2.76 bits per heavy atom. The van der Waals surface area contributed by atoms with Gasteiger partial charge in [0.15, 0.2) is 0 Å². The fraction of sp³-hybridized carbons (Fsp3) is 0.462. The van der Waals surface area contributed by atoms with Crippen molar-refractivity contribution in [1.82, 2.24) is 20.0 Å². The molecule has 0 amide bonds. The van der Waals surface area contributed by atoms with Gasteiger partial charge in [-0.2, -0.15) is 0 Å². The van der Waals surface area contributed by atoms with E-state index in [1.54, 1.807) is 19.2 Å². The zero-order valence-corrected chi connectivity index (χ0v) is 13.9. The second-order valence-electron chi connectivity index (χ2n) is 5.11. The third-order valence-corrected chi connectivity index (χ3v) is 5.36. The molecule has 2 rings (SSSR count). The van der Waals surface area contributed by atoms with Crippen molar-refractivity contribution in [2.75, 3.05) is 0 Å². The lowest BCUT2D eigenvalue weighted by Gasteiger charge is -2.10. The van der Waals surface area contributed by atoms with Gasteiger partial charge in [0, 0.05) is 36.1 Å². The van der Waals surface area contributed by atoms with Crippen molar-refractivity contribution in [3.05, 3.63) is 34.5 Å². The summed E-state index contributed by atoms with van der Waals surface area (Å²) in [5.74, 6) is 0. The minimum atomic E-state index is -3.55. The molecule has 1 unspecified atom stereocenters. The molecular weight excluding hydrogens is 308 g/mol. The molecule has 2 aromatic rings. The summed E-state index contributed by atoms with van der Waals surface area (Å²) in [4.78, 5) is 7.34. The summed E-state index contributed by atoms with van der Waals surface area (Å²) in [6, 6.07) is 1.64. The van der Waals surface area contributed by atoms with Gasteiger partial charge in [-0.05, 0) is 13.0 Å². The molecule has 0 radical (unpaired) electrons. The lowest BCUT2D eigenvalue weighted by molar-refractivity contribution is 0.566. The van der Waals surface area contributed by atoms with Gasteiger partial charge in [-0.25, -0.2) is 18.1 Å². The summed E-state index contributed by atoms with van der Waals surface area (Å²) in [6.07, 6.45) is 3.17. The average Bonchev–Trinajstić information content (AvgIpc) is 3.07. The third kappa shape index (κ3) is 4.37. The van der Waals surface area contributed by atoms with Crippen LogP contribution in [0.4, 0.5) is 0 Å². The first-order valence-electron chi connectivity index (χ1n) is 6.71. The van der Waals surface area contributed by atoms with Crippen LogP contribution in [-0.2, 0) is 16.6 Å². The number of sulfonamides is 1. The van der Waals surface area contributed by atoms with E-state index in [0.29, 0.717) is 12.6 Å². The summed E-state index contributed by atoms with van der Waals surface area (Å²) in [5.41, 5.74) is 0.839. The van der Waals surface area contributed by atoms with Crippen LogP contribution >= 0.6 is 11.3 Å². The van der Waals surface area contributed by atoms with Gasteiger partial charge in [-0.15, -0.1) is 11.3 Å². The van der Waals surface area contributed by atoms with Crippen molar-refractivity contribution in [1.29, 1.82) is 0 Å². The van der Waals surface area contributed by atoms with Crippen molar-refractivity contribution >= 4 is 21.4 Å². The van der Waals surface area contributed by atoms with Gasteiger partial charge in [0.25, 0.3) is 0 Å². The van der Waals surface area contributed by atoms with E-state index in [9.17, 15) is 8.42 Å². The molecule has 0 aliphatic heterocycles. The van der Waals surface area contributed by atoms with E-state index in [4.69, 9.17) is 0 Å². The Morgan fingerprint density at radius 2 is 2.14 bits per heavy atom. The molecule has 21 heavy (non-hydrogen) atoms. The fourth-order valence-corrected chi connectivity index (χ4v) is 3.73. The number of H-pyrrole nitrogens is 1. The first kappa shape index (κ1) is 16.2. The van der Waals surface area contributed by atoms with Crippen LogP contribution in [0.1, 0.15) is 37.5 Å². The summed E-state index contributed by atoms with van der Waals surface area (Å²) < 4.78 is 27.3. The van der Waals surface area contributed by atoms with E-state index in [-0.39, 0.29) is 10.9 Å². The minimum Gasteiger partial charge on any atom is -0.363 e. The van der Waals surface area contributed by atoms with Crippen LogP contribution in [0.25, 0.3) is 0 Å². The maximum Gasteiger partial charge on any atom is 0.242 e. The van der Waals surface area contributed by atoms with Gasteiger partial charge in [-0.1, -0.05) is 13.8 Å². The molecule has 0 fully saturated rings. The first-order valence-corrected chi connectivity index (χ1v) is 9.07. The number of nitrogens with zero attached hydrogens (tertiary/aromatic N) is 1. The summed E-state index contributed by atoms with van der Waals surface area (Å²) in [6.45, 7) is 6.47. The van der Waals surface area contributed by atoms with Crippen molar-refractivity contribution in [3.63, 3.8) is 0 Å². The lowest BCUT2D eigenvalue weighted by atomic mass is 10.3. The van der Waals surface area contributed by atoms with Crippen LogP contribution in [0.2, 0.25) is 0 Å². The Hall–Kier alpha value is -1.22. The normalized spacial score (nSPS) is 13.7. The number of nitrogens with one attached hydrogen (secondary N) is 3. The molecule has 0 aromatic carbocycles. The Balaban J connectivity index is 2.05. The molecule has 1 atom stereocenters. The van der Waals surface area contributed by atoms with Crippen LogP contribution in [0, 0.1) is 0 Å². The lowest BCUT2D eigenvalue weighted by Crippen LogP contribution is -2.26. The van der Waals surface area contributed by atoms with Crippen LogP contribution in [0.5, 0.6) is 0 Å². The molecule has 3 N–H and O–H groups in total. The second kappa shape index (κ2) is 6.69. The van der Waals surface area contributed by atoms with Gasteiger partial charge in [0.05, 0.1) is 10.9 Å². The van der Waals surface area contributed by atoms with Gasteiger partial charge in [-0.3, -0.25) is 0 Å². The highest BCUT2D eigenvalue weighted by Gasteiger charge is 2.20. The van der Waals surface area contributed by atoms with E-state index in [1.807, 2.05) is 19.2 Å². The van der Waals surface area contributed by atoms with E-state index in [1.165, 1.54) is 17.5 Å². The van der Waals surface area contributed by atoms with E-state index in [2.05, 4.69) is 20.0 Å². The quantitative estimate of drug-likeness (QED) is 0.725. The molecule has 0 saturated heterocycles. The molecule has 0 saturated carbocycles. The number of hydrogen-bond acceptors (Lipinski definition) is 5. The van der Waals surface area contributed by atoms with E-state index >= 15 is 0 Å². The van der Waals surface area contributed by atoms with Crippen molar-refractivity contribution in [3.8, 4) is 0 Å². The number of aromatic nitrogens is 2. The number of rotatable bonds is 7. The molecule has 6 nitrogen and oxygen atoms in total. The van der Waals surface area contributed by atoms with Crippen molar-refractivity contribution in [2.24, 2.45) is 0 Å². The largest absolute Gasteiger partial charge is 0.363 e. The smallest absolute Gasteiger partial charge is 0.242 e. The Bertz CT molecular complexity index is 662. The van der Waals surface area contributed by atoms with Gasteiger partial charge >= 0.3 is 0 Å². The van der Waals surface area contributed by atoms with Crippen LogP contribution in [0.15, 0.2) is 28.7 Å². The van der Waals surface area contributed by atoms with Gasteiger partial charge in [0.1, 0.15) is 5.01 Å². The SMILES string of the molecule is CC(C)NCc1cc(S(=O)(=O)NC(C)c2nccs2)c[nH]1. The maximum atomic E-state index is 12.3. The summed E-state index contributed by atoms with van der Waals surface area (Å²) in [5, 5.41) is 5.81. The van der Waals surface area contributed by atoms with Crippen molar-refractivity contribution < 1.29 is 8.42 Å². The van der Waals surface area contributed by atoms with Crippen molar-refractivity contribution in [2.45, 2.75) is 44.3 Å². The topological polar surface area (TPSA) is 86.9 Å². The predicted octanol–water partition coefficient (Wildman–Crippen LogP) is 2.01. The van der Waals surface area contributed by atoms with E-state index in [0.717, 1.165) is 10.7 Å². The van der Waals surface area contributed by atoms with E-state index < -0.39 is 10.0 Å². The number of thiazole rings is 1. The summed E-state index contributed by atoms with van der Waals surface area (Å²) >= 11 is 1.43. The highest BCUT2D eigenvalue weighted by Crippen LogP contribution is 2.19. The molecule has 0 aliphatic carbocycles. The zero-order valence-electron chi connectivity index (χ0n) is 12.3. The van der Waals surface area contributed by atoms with Crippen LogP contribution in [0.3, 0.4) is 0 Å². The van der Waals surface area contributed by atoms with Crippen LogP contribution in [-0.4, -0.2) is 24.4 Å². The maximum absolute atomic E-state index is 12.3. The second-order valence-corrected chi connectivity index (χ2v) is 7.75. The molecule has 8 heteroatoms. The molecule has 2 aromatic heterocycles. The molecular formula is C13H20N4O2S2. The third-order valence-electron chi connectivity index (χ3n) is 2.88. The van der Waals surface area contributed by atoms with Gasteiger partial charge < -0.3 is 10.3 Å². The summed E-state index contributed by atoms with van der Waals surface area (Å²) in [7, 11) is -3.55. The predicted molar refractivity (Wildman–Crippen MR) is 83.6 cm³/mol. The molecule has 2 heterocycles. The number of aromatic amines is 1. The fourth-order valence-electron chi connectivity index (χ4n) is 1.79. The molecule has 0 aliphatic rings. The van der Waals surface area contributed by atoms with Crippen LogP contribution < -0.4 is 10.0 Å².